The molecule has 9 heteroatoms. The van der Waals surface area contributed by atoms with Gasteiger partial charge in [-0.1, -0.05) is 35.5 Å². The van der Waals surface area contributed by atoms with Gasteiger partial charge in [-0.3, -0.25) is 14.7 Å². The Hall–Kier alpha value is -2.42. The van der Waals surface area contributed by atoms with Crippen molar-refractivity contribution >= 4 is 29.1 Å². The van der Waals surface area contributed by atoms with Gasteiger partial charge in [0.05, 0.1) is 18.1 Å². The zero-order valence-corrected chi connectivity index (χ0v) is 17.0. The molecule has 0 amide bonds. The van der Waals surface area contributed by atoms with E-state index in [-0.39, 0.29) is 15.9 Å². The van der Waals surface area contributed by atoms with Crippen molar-refractivity contribution in [3.63, 3.8) is 0 Å². The van der Waals surface area contributed by atoms with Crippen LogP contribution in [0, 0.1) is 10.1 Å². The van der Waals surface area contributed by atoms with E-state index in [9.17, 15) is 10.1 Å². The van der Waals surface area contributed by atoms with Crippen molar-refractivity contribution in [3.05, 3.63) is 69.2 Å². The van der Waals surface area contributed by atoms with Crippen LogP contribution in [0.5, 0.6) is 0 Å². The zero-order chi connectivity index (χ0) is 20.1. The highest BCUT2D eigenvalue weighted by Gasteiger charge is 2.19. The minimum absolute atomic E-state index is 0.0385. The summed E-state index contributed by atoms with van der Waals surface area (Å²) in [6.45, 7) is 3.09. The number of hydrogen-bond acceptors (Lipinski definition) is 6. The van der Waals surface area contributed by atoms with Gasteiger partial charge in [0, 0.05) is 35.1 Å². The third-order valence-electron chi connectivity index (χ3n) is 4.17. The van der Waals surface area contributed by atoms with Crippen LogP contribution in [0.25, 0.3) is 11.4 Å². The number of thioether (sulfide) groups is 1. The predicted molar refractivity (Wildman–Crippen MR) is 110 cm³/mol. The second-order valence-corrected chi connectivity index (χ2v) is 7.81. The van der Waals surface area contributed by atoms with Crippen LogP contribution in [0.3, 0.4) is 0 Å². The molecule has 0 spiro atoms. The molecular formula is C19H19ClN4O3S. The van der Waals surface area contributed by atoms with Gasteiger partial charge in [0.25, 0.3) is 5.69 Å². The summed E-state index contributed by atoms with van der Waals surface area (Å²) in [5.41, 5.74) is 1.84. The molecular weight excluding hydrogens is 400 g/mol. The number of nitro groups is 1. The smallest absolute Gasteiger partial charge is 0.269 e. The first-order chi connectivity index (χ1) is 13.5. The molecule has 28 heavy (non-hydrogen) atoms. The summed E-state index contributed by atoms with van der Waals surface area (Å²) in [6.07, 6.45) is 0. The molecule has 146 valence electrons. The van der Waals surface area contributed by atoms with Crippen LogP contribution in [0.2, 0.25) is 5.02 Å². The highest BCUT2D eigenvalue weighted by Crippen LogP contribution is 2.36. The van der Waals surface area contributed by atoms with E-state index in [0.717, 1.165) is 22.1 Å². The molecule has 0 saturated heterocycles. The number of benzene rings is 2. The van der Waals surface area contributed by atoms with Crippen LogP contribution in [0.15, 0.2) is 53.7 Å². The number of nitrogens with zero attached hydrogens (tertiary/aromatic N) is 4. The van der Waals surface area contributed by atoms with Crippen molar-refractivity contribution in [2.24, 2.45) is 0 Å². The van der Waals surface area contributed by atoms with Crippen molar-refractivity contribution in [2.75, 3.05) is 13.7 Å². The monoisotopic (exact) mass is 418 g/mol. The fourth-order valence-electron chi connectivity index (χ4n) is 2.69. The minimum atomic E-state index is -0.388. The lowest BCUT2D eigenvalue weighted by molar-refractivity contribution is -0.384. The van der Waals surface area contributed by atoms with Gasteiger partial charge in [-0.2, -0.15) is 0 Å². The van der Waals surface area contributed by atoms with Crippen LogP contribution in [0.4, 0.5) is 5.69 Å². The predicted octanol–water partition coefficient (Wildman–Crippen LogP) is 5.01. The van der Waals surface area contributed by atoms with E-state index >= 15 is 0 Å². The molecule has 3 aromatic rings. The molecule has 0 radical (unpaired) electrons. The quantitative estimate of drug-likeness (QED) is 0.290. The maximum atomic E-state index is 11.0. The summed E-state index contributed by atoms with van der Waals surface area (Å²) in [4.78, 5) is 10.7. The Morgan fingerprint density at radius 1 is 1.25 bits per heavy atom. The first kappa shape index (κ1) is 20.3. The van der Waals surface area contributed by atoms with Crippen LogP contribution in [-0.2, 0) is 11.3 Å². The highest BCUT2D eigenvalue weighted by molar-refractivity contribution is 7.99. The minimum Gasteiger partial charge on any atom is -0.383 e. The van der Waals surface area contributed by atoms with Crippen molar-refractivity contribution in [3.8, 4) is 11.4 Å². The Labute approximate surface area is 171 Å². The normalized spacial score (nSPS) is 12.1. The maximum Gasteiger partial charge on any atom is 0.269 e. The second-order valence-electron chi connectivity index (χ2n) is 6.07. The van der Waals surface area contributed by atoms with Crippen LogP contribution in [-0.4, -0.2) is 33.4 Å². The average Bonchev–Trinajstić information content (AvgIpc) is 3.09. The number of non-ortho nitro benzene ring substituents is 1. The van der Waals surface area contributed by atoms with E-state index in [0.29, 0.717) is 18.2 Å². The molecule has 1 atom stereocenters. The van der Waals surface area contributed by atoms with Gasteiger partial charge in [0.1, 0.15) is 0 Å². The first-order valence-corrected chi connectivity index (χ1v) is 9.84. The van der Waals surface area contributed by atoms with E-state index in [1.165, 1.54) is 17.8 Å². The molecule has 0 fully saturated rings. The Morgan fingerprint density at radius 3 is 2.68 bits per heavy atom. The molecule has 0 N–H and O–H groups in total. The molecule has 1 heterocycles. The van der Waals surface area contributed by atoms with Crippen molar-refractivity contribution < 1.29 is 9.66 Å². The summed E-state index contributed by atoms with van der Waals surface area (Å²) in [5.74, 6) is 0.724. The fraction of sp³-hybridized carbons (Fsp3) is 0.263. The lowest BCUT2D eigenvalue weighted by Gasteiger charge is -2.13. The molecule has 0 aliphatic carbocycles. The summed E-state index contributed by atoms with van der Waals surface area (Å²) < 4.78 is 7.22. The summed E-state index contributed by atoms with van der Waals surface area (Å²) in [5, 5.41) is 21.1. The van der Waals surface area contributed by atoms with Gasteiger partial charge in [-0.25, -0.2) is 0 Å². The van der Waals surface area contributed by atoms with Gasteiger partial charge >= 0.3 is 0 Å². The standard InChI is InChI=1S/C19H19ClN4O3S/c1-13(15-4-3-5-17(12-15)24(25)26)28-19-22-21-18(23(19)10-11-27-2)14-6-8-16(20)9-7-14/h3-9,12-13H,10-11H2,1-2H3/t13-/m0/s1. The van der Waals surface area contributed by atoms with E-state index in [2.05, 4.69) is 10.2 Å². The summed E-state index contributed by atoms with van der Waals surface area (Å²) in [7, 11) is 1.64. The Morgan fingerprint density at radius 2 is 2.00 bits per heavy atom. The largest absolute Gasteiger partial charge is 0.383 e. The van der Waals surface area contributed by atoms with Crippen LogP contribution < -0.4 is 0 Å². The number of methoxy groups -OCH3 is 1. The Bertz CT molecular complexity index is 962. The molecule has 3 rings (SSSR count). The number of aromatic nitrogens is 3. The van der Waals surface area contributed by atoms with Gasteiger partial charge < -0.3 is 4.74 Å². The molecule has 0 bridgehead atoms. The Kier molecular flexibility index (Phi) is 6.66. The van der Waals surface area contributed by atoms with Gasteiger partial charge in [-0.05, 0) is 36.8 Å². The third kappa shape index (κ3) is 4.70. The van der Waals surface area contributed by atoms with Crippen molar-refractivity contribution in [1.82, 2.24) is 14.8 Å². The van der Waals surface area contributed by atoms with E-state index in [1.807, 2.05) is 41.8 Å². The van der Waals surface area contributed by atoms with Gasteiger partial charge in [-0.15, -0.1) is 10.2 Å². The fourth-order valence-corrected chi connectivity index (χ4v) is 3.81. The third-order valence-corrected chi connectivity index (χ3v) is 5.56. The number of halogens is 1. The van der Waals surface area contributed by atoms with E-state index in [1.54, 1.807) is 19.2 Å². The second kappa shape index (κ2) is 9.18. The van der Waals surface area contributed by atoms with E-state index in [4.69, 9.17) is 16.3 Å². The first-order valence-electron chi connectivity index (χ1n) is 8.58. The lowest BCUT2D eigenvalue weighted by atomic mass is 10.1. The van der Waals surface area contributed by atoms with Crippen molar-refractivity contribution in [1.29, 1.82) is 0 Å². The zero-order valence-electron chi connectivity index (χ0n) is 15.4. The molecule has 0 saturated carbocycles. The molecule has 2 aromatic carbocycles. The molecule has 0 unspecified atom stereocenters. The summed E-state index contributed by atoms with van der Waals surface area (Å²) in [6, 6.07) is 14.1. The van der Waals surface area contributed by atoms with Gasteiger partial charge in [0.15, 0.2) is 11.0 Å². The highest BCUT2D eigenvalue weighted by atomic mass is 35.5. The number of rotatable bonds is 8. The van der Waals surface area contributed by atoms with Crippen LogP contribution in [0.1, 0.15) is 17.7 Å². The molecule has 1 aromatic heterocycles. The number of nitro benzene ring substituents is 1. The molecule has 0 aliphatic rings. The van der Waals surface area contributed by atoms with Crippen LogP contribution >= 0.6 is 23.4 Å². The molecule has 0 aliphatic heterocycles. The lowest BCUT2D eigenvalue weighted by Crippen LogP contribution is -2.08. The van der Waals surface area contributed by atoms with Crippen molar-refractivity contribution in [2.45, 2.75) is 23.9 Å². The van der Waals surface area contributed by atoms with E-state index < -0.39 is 0 Å². The topological polar surface area (TPSA) is 83.1 Å². The summed E-state index contributed by atoms with van der Waals surface area (Å²) >= 11 is 7.48. The Balaban J connectivity index is 1.89. The number of ether oxygens (including phenoxy) is 1. The van der Waals surface area contributed by atoms with Gasteiger partial charge in [0.2, 0.25) is 0 Å². The average molecular weight is 419 g/mol. The SMILES string of the molecule is COCCn1c(S[C@@H](C)c2cccc([N+](=O)[O-])c2)nnc1-c1ccc(Cl)cc1. The molecule has 7 nitrogen and oxygen atoms in total. The maximum absolute atomic E-state index is 11.0. The number of hydrogen-bond donors (Lipinski definition) is 0.